The van der Waals surface area contributed by atoms with Crippen molar-refractivity contribution in [3.8, 4) is 0 Å². The topological polar surface area (TPSA) is 50.2 Å². The Hall–Kier alpha value is -1.85. The average molecular weight is 347 g/mol. The van der Waals surface area contributed by atoms with Crippen molar-refractivity contribution in [2.24, 2.45) is 5.92 Å². The van der Waals surface area contributed by atoms with Crippen LogP contribution in [0.25, 0.3) is 0 Å². The number of carbonyl (C=O) groups excluding carboxylic acids is 1. The van der Waals surface area contributed by atoms with Crippen LogP contribution in [0.5, 0.6) is 0 Å². The molecule has 1 amide bonds. The first kappa shape index (κ1) is 17.0. The predicted octanol–water partition coefficient (Wildman–Crippen LogP) is 2.87. The summed E-state index contributed by atoms with van der Waals surface area (Å²) in [6, 6.07) is 10.1. The average Bonchev–Trinajstić information content (AvgIpc) is 3.03. The van der Waals surface area contributed by atoms with Crippen LogP contribution in [-0.4, -0.2) is 33.7 Å². The van der Waals surface area contributed by atoms with Crippen LogP contribution in [0.2, 0.25) is 5.02 Å². The molecule has 0 saturated carbocycles. The summed E-state index contributed by atoms with van der Waals surface area (Å²) < 4.78 is 2.03. The molecule has 2 heterocycles. The first-order valence-corrected chi connectivity index (χ1v) is 8.68. The maximum atomic E-state index is 11.9. The highest BCUT2D eigenvalue weighted by molar-refractivity contribution is 6.31. The molecule has 0 radical (unpaired) electrons. The third-order valence-electron chi connectivity index (χ3n) is 4.34. The van der Waals surface area contributed by atoms with Crippen molar-refractivity contribution in [2.45, 2.75) is 33.0 Å². The van der Waals surface area contributed by atoms with E-state index < -0.39 is 0 Å². The molecular weight excluding hydrogens is 324 g/mol. The fourth-order valence-corrected chi connectivity index (χ4v) is 3.22. The summed E-state index contributed by atoms with van der Waals surface area (Å²) >= 11 is 6.30. The second-order valence-corrected chi connectivity index (χ2v) is 6.99. The van der Waals surface area contributed by atoms with Gasteiger partial charge in [0.05, 0.1) is 11.7 Å². The number of benzene rings is 1. The monoisotopic (exact) mass is 346 g/mol. The Kier molecular flexibility index (Phi) is 5.21. The van der Waals surface area contributed by atoms with Crippen LogP contribution >= 0.6 is 11.6 Å². The fraction of sp³-hybridized carbons (Fsp3) is 0.444. The van der Waals surface area contributed by atoms with E-state index in [-0.39, 0.29) is 17.9 Å². The van der Waals surface area contributed by atoms with Crippen molar-refractivity contribution in [2.75, 3.05) is 13.1 Å². The van der Waals surface area contributed by atoms with Crippen LogP contribution in [0, 0.1) is 5.92 Å². The molecule has 1 aliphatic heterocycles. The van der Waals surface area contributed by atoms with Gasteiger partial charge >= 0.3 is 0 Å². The molecular formula is C18H23ClN4O. The summed E-state index contributed by atoms with van der Waals surface area (Å²) in [7, 11) is 0. The van der Waals surface area contributed by atoms with Gasteiger partial charge in [-0.15, -0.1) is 0 Å². The van der Waals surface area contributed by atoms with Gasteiger partial charge in [-0.2, -0.15) is 5.10 Å². The lowest BCUT2D eigenvalue weighted by Gasteiger charge is -2.34. The van der Waals surface area contributed by atoms with E-state index in [1.54, 1.807) is 0 Å². The van der Waals surface area contributed by atoms with Crippen molar-refractivity contribution in [3.63, 3.8) is 0 Å². The van der Waals surface area contributed by atoms with E-state index in [0.717, 1.165) is 35.9 Å². The quantitative estimate of drug-likeness (QED) is 0.905. The molecule has 128 valence electrons. The van der Waals surface area contributed by atoms with E-state index >= 15 is 0 Å². The van der Waals surface area contributed by atoms with Crippen LogP contribution < -0.4 is 5.32 Å². The zero-order valence-corrected chi connectivity index (χ0v) is 14.8. The van der Waals surface area contributed by atoms with Crippen LogP contribution in [-0.2, 0) is 17.9 Å². The number of aromatic nitrogens is 2. The molecule has 24 heavy (non-hydrogen) atoms. The smallest absolute Gasteiger partial charge is 0.222 e. The van der Waals surface area contributed by atoms with Gasteiger partial charge in [-0.1, -0.05) is 43.6 Å². The Balaban J connectivity index is 1.71. The maximum Gasteiger partial charge on any atom is 0.222 e. The summed E-state index contributed by atoms with van der Waals surface area (Å²) in [5.74, 6) is 0.0665. The SMILES string of the molecule is CC(C)C(=O)NCC1CN(Cc2ccccc2Cl)Cc2ccnn21. The first-order chi connectivity index (χ1) is 11.5. The lowest BCUT2D eigenvalue weighted by molar-refractivity contribution is -0.124. The van der Waals surface area contributed by atoms with E-state index in [1.807, 2.05) is 49.0 Å². The second kappa shape index (κ2) is 7.36. The summed E-state index contributed by atoms with van der Waals surface area (Å²) in [5.41, 5.74) is 2.29. The molecule has 6 heteroatoms. The Morgan fingerprint density at radius 3 is 2.92 bits per heavy atom. The molecule has 0 fully saturated rings. The zero-order chi connectivity index (χ0) is 17.1. The Morgan fingerprint density at radius 2 is 2.17 bits per heavy atom. The standard InChI is InChI=1S/C18H23ClN4O/c1-13(2)18(24)20-9-16-12-22(11-15-7-8-21-23(15)16)10-14-5-3-4-6-17(14)19/h3-8,13,16H,9-12H2,1-2H3,(H,20,24). The highest BCUT2D eigenvalue weighted by Crippen LogP contribution is 2.24. The largest absolute Gasteiger partial charge is 0.354 e. The van der Waals surface area contributed by atoms with E-state index in [4.69, 9.17) is 11.6 Å². The lowest BCUT2D eigenvalue weighted by Crippen LogP contribution is -2.43. The number of fused-ring (bicyclic) bond motifs is 1. The number of halogens is 1. The van der Waals surface area contributed by atoms with Gasteiger partial charge in [0.1, 0.15) is 0 Å². The van der Waals surface area contributed by atoms with Crippen molar-refractivity contribution >= 4 is 17.5 Å². The number of rotatable bonds is 5. The van der Waals surface area contributed by atoms with Crippen molar-refractivity contribution in [1.29, 1.82) is 0 Å². The van der Waals surface area contributed by atoms with Crippen molar-refractivity contribution in [3.05, 3.63) is 52.8 Å². The third-order valence-corrected chi connectivity index (χ3v) is 4.71. The van der Waals surface area contributed by atoms with E-state index in [9.17, 15) is 4.79 Å². The number of hydrogen-bond donors (Lipinski definition) is 1. The fourth-order valence-electron chi connectivity index (χ4n) is 3.03. The molecule has 1 unspecified atom stereocenters. The minimum absolute atomic E-state index is 0.00934. The van der Waals surface area contributed by atoms with Gasteiger partial charge in [0.2, 0.25) is 5.91 Å². The lowest BCUT2D eigenvalue weighted by atomic mass is 10.1. The number of hydrogen-bond acceptors (Lipinski definition) is 3. The molecule has 1 aromatic carbocycles. The van der Waals surface area contributed by atoms with Crippen LogP contribution in [0.3, 0.4) is 0 Å². The van der Waals surface area contributed by atoms with E-state index in [1.165, 1.54) is 0 Å². The molecule has 3 rings (SSSR count). The third kappa shape index (κ3) is 3.79. The van der Waals surface area contributed by atoms with Gasteiger partial charge in [-0.3, -0.25) is 14.4 Å². The van der Waals surface area contributed by atoms with Gasteiger partial charge < -0.3 is 5.32 Å². The van der Waals surface area contributed by atoms with Gasteiger partial charge in [-0.05, 0) is 17.7 Å². The van der Waals surface area contributed by atoms with Crippen LogP contribution in [0.1, 0.15) is 31.1 Å². The number of carbonyl (C=O) groups is 1. The van der Waals surface area contributed by atoms with Crippen molar-refractivity contribution in [1.82, 2.24) is 20.0 Å². The van der Waals surface area contributed by atoms with Gasteiger partial charge in [0.25, 0.3) is 0 Å². The van der Waals surface area contributed by atoms with Gasteiger partial charge in [0.15, 0.2) is 0 Å². The van der Waals surface area contributed by atoms with Gasteiger partial charge in [-0.25, -0.2) is 0 Å². The van der Waals surface area contributed by atoms with Crippen molar-refractivity contribution < 1.29 is 4.79 Å². The van der Waals surface area contributed by atoms with Crippen LogP contribution in [0.15, 0.2) is 36.5 Å². The molecule has 5 nitrogen and oxygen atoms in total. The summed E-state index contributed by atoms with van der Waals surface area (Å²) in [6.07, 6.45) is 1.82. The molecule has 1 N–H and O–H groups in total. The Morgan fingerprint density at radius 1 is 1.38 bits per heavy atom. The van der Waals surface area contributed by atoms with Gasteiger partial charge in [0, 0.05) is 43.3 Å². The molecule has 0 aliphatic carbocycles. The normalized spacial score (nSPS) is 17.8. The minimum atomic E-state index is -0.00934. The zero-order valence-electron chi connectivity index (χ0n) is 14.1. The second-order valence-electron chi connectivity index (χ2n) is 6.58. The minimum Gasteiger partial charge on any atom is -0.354 e. The maximum absolute atomic E-state index is 11.9. The Labute approximate surface area is 147 Å². The Bertz CT molecular complexity index is 713. The number of nitrogens with zero attached hydrogens (tertiary/aromatic N) is 3. The molecule has 1 aliphatic rings. The molecule has 0 saturated heterocycles. The molecule has 0 spiro atoms. The molecule has 1 atom stereocenters. The number of amides is 1. The first-order valence-electron chi connectivity index (χ1n) is 8.30. The predicted molar refractivity (Wildman–Crippen MR) is 94.7 cm³/mol. The van der Waals surface area contributed by atoms with Crippen LogP contribution in [0.4, 0.5) is 0 Å². The molecule has 0 bridgehead atoms. The summed E-state index contributed by atoms with van der Waals surface area (Å²) in [6.45, 7) is 6.85. The summed E-state index contributed by atoms with van der Waals surface area (Å²) in [5, 5.41) is 8.25. The van der Waals surface area contributed by atoms with E-state index in [0.29, 0.717) is 6.54 Å². The highest BCUT2D eigenvalue weighted by atomic mass is 35.5. The highest BCUT2D eigenvalue weighted by Gasteiger charge is 2.26. The van der Waals surface area contributed by atoms with E-state index in [2.05, 4.69) is 21.4 Å². The molecule has 1 aromatic heterocycles. The number of nitrogens with one attached hydrogen (secondary N) is 1. The summed E-state index contributed by atoms with van der Waals surface area (Å²) in [4.78, 5) is 14.2. The molecule has 2 aromatic rings.